The van der Waals surface area contributed by atoms with Gasteiger partial charge in [-0.25, -0.2) is 0 Å². The van der Waals surface area contributed by atoms with Crippen LogP contribution in [0.3, 0.4) is 0 Å². The van der Waals surface area contributed by atoms with Crippen molar-refractivity contribution in [2.75, 3.05) is 17.3 Å². The lowest BCUT2D eigenvalue weighted by atomic mass is 9.96. The maximum atomic E-state index is 12.1. The number of benzene rings is 2. The highest BCUT2D eigenvalue weighted by atomic mass is 32.1. The molecule has 5 rings (SSSR count). The number of carbonyl (C=O) groups excluding carboxylic acids is 1. The summed E-state index contributed by atoms with van der Waals surface area (Å²) >= 11 is 5.96. The lowest BCUT2D eigenvalue weighted by molar-refractivity contribution is -0.115. The summed E-state index contributed by atoms with van der Waals surface area (Å²) < 4.78 is 8.00. The zero-order valence-corrected chi connectivity index (χ0v) is 24.6. The van der Waals surface area contributed by atoms with Crippen LogP contribution in [0.5, 0.6) is 5.75 Å². The maximum Gasteiger partial charge on any atom is 0.224 e. The fourth-order valence-corrected chi connectivity index (χ4v) is 6.03. The Kier molecular flexibility index (Phi) is 7.63. The number of nitrogens with one attached hydrogen (secondary N) is 2. The molecule has 1 aliphatic rings. The standard InChI is InChI=1S/C32H35N5O2S/c1-7-29(38)34-26-12-11-23(18-28(26)39-6)37-31(30(35-32(37)40)27-10-8-9-13-33-27)25-17-21(4)36(22(25)5)24-15-19(2)14-20(3)16-24/h8-18,30-31H,7H2,1-6H3,(H,34,38)(H,35,40)/t30-,31+/m0/s1. The molecule has 2 N–H and O–H groups in total. The van der Waals surface area contributed by atoms with Crippen LogP contribution in [0, 0.1) is 27.7 Å². The minimum absolute atomic E-state index is 0.0728. The highest BCUT2D eigenvalue weighted by molar-refractivity contribution is 7.80. The van der Waals surface area contributed by atoms with Gasteiger partial charge in [-0.1, -0.05) is 19.1 Å². The Labute approximate surface area is 241 Å². The van der Waals surface area contributed by atoms with Gasteiger partial charge in [-0.2, -0.15) is 0 Å². The fraction of sp³-hybridized carbons (Fsp3) is 0.281. The molecular formula is C32H35N5O2S. The Morgan fingerprint density at radius 1 is 1.02 bits per heavy atom. The monoisotopic (exact) mass is 553 g/mol. The van der Waals surface area contributed by atoms with Crippen LogP contribution in [-0.4, -0.2) is 27.7 Å². The average Bonchev–Trinajstić information content (AvgIpc) is 3.43. The second-order valence-electron chi connectivity index (χ2n) is 10.3. The number of aryl methyl sites for hydroxylation is 3. The first-order chi connectivity index (χ1) is 19.2. The van der Waals surface area contributed by atoms with Gasteiger partial charge in [0.25, 0.3) is 0 Å². The van der Waals surface area contributed by atoms with Crippen molar-refractivity contribution >= 4 is 34.6 Å². The van der Waals surface area contributed by atoms with Gasteiger partial charge in [0.1, 0.15) is 5.75 Å². The van der Waals surface area contributed by atoms with Crippen molar-refractivity contribution < 1.29 is 9.53 Å². The van der Waals surface area contributed by atoms with Gasteiger partial charge in [-0.15, -0.1) is 0 Å². The van der Waals surface area contributed by atoms with Crippen LogP contribution >= 0.6 is 12.2 Å². The number of nitrogens with zero attached hydrogens (tertiary/aromatic N) is 3. The van der Waals surface area contributed by atoms with Gasteiger partial charge in [0.2, 0.25) is 5.91 Å². The van der Waals surface area contributed by atoms with E-state index < -0.39 is 0 Å². The third kappa shape index (κ3) is 5.07. The van der Waals surface area contributed by atoms with Gasteiger partial charge in [-0.3, -0.25) is 9.78 Å². The molecule has 8 heteroatoms. The Morgan fingerprint density at radius 3 is 2.42 bits per heavy atom. The van der Waals surface area contributed by atoms with E-state index in [0.717, 1.165) is 34.0 Å². The smallest absolute Gasteiger partial charge is 0.224 e. The van der Waals surface area contributed by atoms with Crippen LogP contribution in [0.2, 0.25) is 0 Å². The molecule has 1 saturated heterocycles. The van der Waals surface area contributed by atoms with E-state index in [1.165, 1.54) is 11.1 Å². The summed E-state index contributed by atoms with van der Waals surface area (Å²) in [5.74, 6) is 0.499. The molecule has 3 heterocycles. The van der Waals surface area contributed by atoms with Crippen LogP contribution in [0.4, 0.5) is 11.4 Å². The molecule has 1 aliphatic heterocycles. The summed E-state index contributed by atoms with van der Waals surface area (Å²) in [5.41, 5.74) is 9.44. The molecule has 206 valence electrons. The Bertz CT molecular complexity index is 1560. The maximum absolute atomic E-state index is 12.1. The number of hydrogen-bond acceptors (Lipinski definition) is 4. The third-order valence-corrected chi connectivity index (χ3v) is 7.72. The first kappa shape index (κ1) is 27.4. The lowest BCUT2D eigenvalue weighted by Gasteiger charge is -2.29. The van der Waals surface area contributed by atoms with Gasteiger partial charge in [0.15, 0.2) is 5.11 Å². The van der Waals surface area contributed by atoms with Crippen LogP contribution in [-0.2, 0) is 4.79 Å². The number of ether oxygens (including phenoxy) is 1. The molecule has 0 radical (unpaired) electrons. The molecule has 4 aromatic rings. The van der Waals surface area contributed by atoms with Gasteiger partial charge in [0.05, 0.1) is 30.6 Å². The van der Waals surface area contributed by atoms with Crippen molar-refractivity contribution in [2.24, 2.45) is 0 Å². The van der Waals surface area contributed by atoms with Crippen LogP contribution in [0.25, 0.3) is 5.69 Å². The predicted octanol–water partition coefficient (Wildman–Crippen LogP) is 6.64. The van der Waals surface area contributed by atoms with Crippen molar-refractivity contribution in [1.29, 1.82) is 0 Å². The second kappa shape index (κ2) is 11.1. The fourth-order valence-electron chi connectivity index (χ4n) is 5.68. The number of carbonyl (C=O) groups is 1. The van der Waals surface area contributed by atoms with Crippen LogP contribution in [0.1, 0.15) is 59.2 Å². The molecule has 0 bridgehead atoms. The highest BCUT2D eigenvalue weighted by Gasteiger charge is 2.42. The first-order valence-electron chi connectivity index (χ1n) is 13.5. The number of amides is 1. The zero-order chi connectivity index (χ0) is 28.6. The summed E-state index contributed by atoms with van der Waals surface area (Å²) in [6, 6.07) is 20.3. The number of rotatable bonds is 7. The Balaban J connectivity index is 1.66. The van der Waals surface area contributed by atoms with Crippen LogP contribution in [0.15, 0.2) is 66.9 Å². The molecule has 0 aliphatic carbocycles. The first-order valence-corrected chi connectivity index (χ1v) is 13.9. The Hall–Kier alpha value is -4.17. The normalized spacial score (nSPS) is 16.6. The molecule has 1 fully saturated rings. The van der Waals surface area contributed by atoms with E-state index in [2.05, 4.69) is 72.1 Å². The average molecular weight is 554 g/mol. The van der Waals surface area contributed by atoms with Gasteiger partial charge < -0.3 is 24.8 Å². The lowest BCUT2D eigenvalue weighted by Crippen LogP contribution is -2.29. The van der Waals surface area contributed by atoms with Crippen molar-refractivity contribution in [1.82, 2.24) is 14.9 Å². The quantitative estimate of drug-likeness (QED) is 0.250. The minimum atomic E-state index is -0.174. The topological polar surface area (TPSA) is 71.4 Å². The molecule has 2 aromatic carbocycles. The zero-order valence-electron chi connectivity index (χ0n) is 23.8. The van der Waals surface area contributed by atoms with Crippen molar-refractivity contribution in [3.8, 4) is 11.4 Å². The summed E-state index contributed by atoms with van der Waals surface area (Å²) in [6.07, 6.45) is 2.20. The van der Waals surface area contributed by atoms with E-state index in [-0.39, 0.29) is 18.0 Å². The van der Waals surface area contributed by atoms with E-state index in [1.807, 2.05) is 49.5 Å². The number of methoxy groups -OCH3 is 1. The summed E-state index contributed by atoms with van der Waals surface area (Å²) in [5, 5.41) is 7.07. The number of pyridine rings is 1. The predicted molar refractivity (Wildman–Crippen MR) is 165 cm³/mol. The third-order valence-electron chi connectivity index (χ3n) is 7.41. The molecule has 2 aromatic heterocycles. The molecule has 0 spiro atoms. The minimum Gasteiger partial charge on any atom is -0.494 e. The highest BCUT2D eigenvalue weighted by Crippen LogP contribution is 2.45. The molecule has 2 atom stereocenters. The van der Waals surface area contributed by atoms with E-state index in [9.17, 15) is 4.79 Å². The molecule has 0 saturated carbocycles. The largest absolute Gasteiger partial charge is 0.494 e. The number of aromatic nitrogens is 2. The van der Waals surface area contributed by atoms with E-state index >= 15 is 0 Å². The van der Waals surface area contributed by atoms with Crippen molar-refractivity contribution in [2.45, 2.75) is 53.1 Å². The SMILES string of the molecule is CCC(=O)Nc1ccc(N2C(=S)N[C@@H](c3ccccn3)[C@H]2c2cc(C)n(-c3cc(C)cc(C)c3)c2C)cc1OC. The molecular weight excluding hydrogens is 518 g/mol. The second-order valence-corrected chi connectivity index (χ2v) is 10.7. The Morgan fingerprint density at radius 2 is 1.77 bits per heavy atom. The van der Waals surface area contributed by atoms with E-state index in [0.29, 0.717) is 23.0 Å². The summed E-state index contributed by atoms with van der Waals surface area (Å²) in [4.78, 5) is 18.9. The summed E-state index contributed by atoms with van der Waals surface area (Å²) in [7, 11) is 1.60. The van der Waals surface area contributed by atoms with Crippen LogP contribution < -0.4 is 20.3 Å². The number of anilines is 2. The number of hydrogen-bond donors (Lipinski definition) is 2. The van der Waals surface area contributed by atoms with Crippen molar-refractivity contribution in [3.05, 3.63) is 101 Å². The number of thiocarbonyl (C=S) groups is 1. The van der Waals surface area contributed by atoms with Gasteiger partial charge in [-0.05, 0) is 99.1 Å². The molecule has 7 nitrogen and oxygen atoms in total. The van der Waals surface area contributed by atoms with E-state index in [1.54, 1.807) is 7.11 Å². The summed E-state index contributed by atoms with van der Waals surface area (Å²) in [6.45, 7) is 10.4. The van der Waals surface area contributed by atoms with E-state index in [4.69, 9.17) is 21.9 Å². The molecule has 1 amide bonds. The van der Waals surface area contributed by atoms with Gasteiger partial charge in [0, 0.05) is 41.4 Å². The van der Waals surface area contributed by atoms with Crippen molar-refractivity contribution in [3.63, 3.8) is 0 Å². The van der Waals surface area contributed by atoms with Gasteiger partial charge >= 0.3 is 0 Å². The molecule has 0 unspecified atom stereocenters. The molecule has 40 heavy (non-hydrogen) atoms.